The standard InChI is InChI=1S/C27H26F3N3O3/c1-3-34-26-32-25-22(8-5-9-23(25)36-16-27(28,29)30)33(26)21-7-4-6-19(17(21)2)15-31-20-11-10-18-12-13-35-24(18)14-20/h4-11,14,31H,3,12-13,15-16H2,1-2H3. The van der Waals surface area contributed by atoms with Gasteiger partial charge in [-0.25, -0.2) is 0 Å². The lowest BCUT2D eigenvalue weighted by molar-refractivity contribution is -0.153. The summed E-state index contributed by atoms with van der Waals surface area (Å²) in [6.07, 6.45) is -3.52. The number of nitrogens with zero attached hydrogens (tertiary/aromatic N) is 2. The van der Waals surface area contributed by atoms with E-state index in [-0.39, 0.29) is 5.75 Å². The van der Waals surface area contributed by atoms with E-state index in [0.29, 0.717) is 36.8 Å². The van der Waals surface area contributed by atoms with Crippen LogP contribution in [0.2, 0.25) is 0 Å². The maximum atomic E-state index is 12.8. The van der Waals surface area contributed by atoms with Gasteiger partial charge in [0.25, 0.3) is 0 Å². The average molecular weight is 498 g/mol. The van der Waals surface area contributed by atoms with Crippen LogP contribution in [0, 0.1) is 6.92 Å². The van der Waals surface area contributed by atoms with E-state index < -0.39 is 12.8 Å². The maximum absolute atomic E-state index is 12.8. The van der Waals surface area contributed by atoms with E-state index in [0.717, 1.165) is 34.7 Å². The SMILES string of the molecule is CCOc1nc2c(OCC(F)(F)F)cccc2n1-c1cccc(CNc2ccc3c(c2)OCC3)c1C. The number of anilines is 1. The highest BCUT2D eigenvalue weighted by molar-refractivity contribution is 5.85. The summed E-state index contributed by atoms with van der Waals surface area (Å²) in [5.74, 6) is 0.971. The van der Waals surface area contributed by atoms with Crippen molar-refractivity contribution in [1.29, 1.82) is 0 Å². The van der Waals surface area contributed by atoms with E-state index >= 15 is 0 Å². The Balaban J connectivity index is 1.49. The van der Waals surface area contributed by atoms with Gasteiger partial charge in [0.2, 0.25) is 0 Å². The maximum Gasteiger partial charge on any atom is 0.422 e. The topological polar surface area (TPSA) is 57.5 Å². The number of rotatable bonds is 8. The molecule has 0 saturated heterocycles. The summed E-state index contributed by atoms with van der Waals surface area (Å²) in [5, 5.41) is 3.46. The summed E-state index contributed by atoms with van der Waals surface area (Å²) < 4.78 is 56.7. The highest BCUT2D eigenvalue weighted by atomic mass is 19.4. The first-order valence-corrected chi connectivity index (χ1v) is 11.8. The molecule has 9 heteroatoms. The Morgan fingerprint density at radius 3 is 2.72 bits per heavy atom. The number of hydrogen-bond donors (Lipinski definition) is 1. The molecule has 0 atom stereocenters. The average Bonchev–Trinajstić information content (AvgIpc) is 3.46. The van der Waals surface area contributed by atoms with Crippen LogP contribution in [-0.2, 0) is 13.0 Å². The second-order valence-corrected chi connectivity index (χ2v) is 8.53. The fraction of sp³-hybridized carbons (Fsp3) is 0.296. The zero-order valence-electron chi connectivity index (χ0n) is 20.0. The van der Waals surface area contributed by atoms with Crippen molar-refractivity contribution in [3.8, 4) is 23.2 Å². The molecule has 0 fully saturated rings. The zero-order chi connectivity index (χ0) is 25.3. The van der Waals surface area contributed by atoms with E-state index in [1.165, 1.54) is 11.6 Å². The number of fused-ring (bicyclic) bond motifs is 2. The van der Waals surface area contributed by atoms with Crippen LogP contribution < -0.4 is 19.5 Å². The molecule has 36 heavy (non-hydrogen) atoms. The Kier molecular flexibility index (Phi) is 6.38. The van der Waals surface area contributed by atoms with Gasteiger partial charge in [0.1, 0.15) is 17.0 Å². The summed E-state index contributed by atoms with van der Waals surface area (Å²) >= 11 is 0. The van der Waals surface area contributed by atoms with Crippen LogP contribution in [-0.4, -0.2) is 35.5 Å². The van der Waals surface area contributed by atoms with Crippen LogP contribution in [0.15, 0.2) is 54.6 Å². The molecule has 188 valence electrons. The Morgan fingerprint density at radius 1 is 1.08 bits per heavy atom. The summed E-state index contributed by atoms with van der Waals surface area (Å²) in [7, 11) is 0. The van der Waals surface area contributed by atoms with Gasteiger partial charge in [0, 0.05) is 24.7 Å². The molecule has 6 nitrogen and oxygen atoms in total. The van der Waals surface area contributed by atoms with Crippen molar-refractivity contribution < 1.29 is 27.4 Å². The number of imidazole rings is 1. The molecule has 5 rings (SSSR count). The molecule has 4 aromatic rings. The molecule has 0 amide bonds. The van der Waals surface area contributed by atoms with E-state index in [1.54, 1.807) is 12.1 Å². The number of ether oxygens (including phenoxy) is 3. The Hall–Kier alpha value is -3.88. The molecule has 1 N–H and O–H groups in total. The fourth-order valence-electron chi connectivity index (χ4n) is 4.36. The summed E-state index contributed by atoms with van der Waals surface area (Å²) in [6, 6.07) is 17.3. The van der Waals surface area contributed by atoms with Gasteiger partial charge >= 0.3 is 12.2 Å². The summed E-state index contributed by atoms with van der Waals surface area (Å²) in [4.78, 5) is 4.50. The van der Waals surface area contributed by atoms with E-state index in [1.807, 2.05) is 48.7 Å². The van der Waals surface area contributed by atoms with Crippen molar-refractivity contribution in [3.05, 3.63) is 71.3 Å². The Morgan fingerprint density at radius 2 is 1.92 bits per heavy atom. The minimum Gasteiger partial charge on any atom is -0.493 e. The van der Waals surface area contributed by atoms with Gasteiger partial charge in [-0.05, 0) is 54.8 Å². The quantitative estimate of drug-likeness (QED) is 0.313. The molecular formula is C27H26F3N3O3. The highest BCUT2D eigenvalue weighted by Gasteiger charge is 2.29. The van der Waals surface area contributed by atoms with Gasteiger partial charge in [-0.1, -0.05) is 24.3 Å². The van der Waals surface area contributed by atoms with Gasteiger partial charge in [-0.15, -0.1) is 0 Å². The van der Waals surface area contributed by atoms with E-state index in [9.17, 15) is 13.2 Å². The highest BCUT2D eigenvalue weighted by Crippen LogP contribution is 2.35. The predicted molar refractivity (Wildman–Crippen MR) is 131 cm³/mol. The first-order valence-electron chi connectivity index (χ1n) is 11.8. The third kappa shape index (κ3) is 4.78. The molecule has 1 aliphatic heterocycles. The van der Waals surface area contributed by atoms with Crippen LogP contribution in [0.4, 0.5) is 18.9 Å². The number of aromatic nitrogens is 2. The van der Waals surface area contributed by atoms with Crippen molar-refractivity contribution >= 4 is 16.7 Å². The van der Waals surface area contributed by atoms with E-state index in [4.69, 9.17) is 14.2 Å². The molecule has 3 aromatic carbocycles. The minimum atomic E-state index is -4.45. The number of para-hydroxylation sites is 1. The molecule has 0 spiro atoms. The fourth-order valence-corrected chi connectivity index (χ4v) is 4.36. The van der Waals surface area contributed by atoms with Crippen LogP contribution in [0.3, 0.4) is 0 Å². The molecule has 1 aliphatic rings. The third-order valence-electron chi connectivity index (χ3n) is 6.12. The van der Waals surface area contributed by atoms with Crippen molar-refractivity contribution in [2.75, 3.05) is 25.1 Å². The van der Waals surface area contributed by atoms with Crippen molar-refractivity contribution in [2.45, 2.75) is 33.0 Å². The molecule has 0 saturated carbocycles. The molecule has 0 radical (unpaired) electrons. The second kappa shape index (κ2) is 9.64. The van der Waals surface area contributed by atoms with Gasteiger partial charge in [0.05, 0.1) is 24.4 Å². The molecule has 0 aliphatic carbocycles. The van der Waals surface area contributed by atoms with Crippen LogP contribution >= 0.6 is 0 Å². The molecule has 1 aromatic heterocycles. The molecule has 0 bridgehead atoms. The van der Waals surface area contributed by atoms with Crippen LogP contribution in [0.25, 0.3) is 16.7 Å². The Bertz CT molecular complexity index is 1400. The lowest BCUT2D eigenvalue weighted by Crippen LogP contribution is -2.19. The lowest BCUT2D eigenvalue weighted by atomic mass is 10.1. The first kappa shape index (κ1) is 23.8. The van der Waals surface area contributed by atoms with Gasteiger partial charge in [-0.2, -0.15) is 18.2 Å². The molecule has 0 unspecified atom stereocenters. The number of hydrogen-bond acceptors (Lipinski definition) is 5. The smallest absolute Gasteiger partial charge is 0.422 e. The number of nitrogens with one attached hydrogen (secondary N) is 1. The monoisotopic (exact) mass is 497 g/mol. The lowest BCUT2D eigenvalue weighted by Gasteiger charge is -2.16. The van der Waals surface area contributed by atoms with Crippen molar-refractivity contribution in [2.24, 2.45) is 0 Å². The number of alkyl halides is 3. The van der Waals surface area contributed by atoms with Gasteiger partial charge in [0.15, 0.2) is 6.61 Å². The third-order valence-corrected chi connectivity index (χ3v) is 6.12. The Labute approximate surface area is 206 Å². The first-order chi connectivity index (χ1) is 17.3. The summed E-state index contributed by atoms with van der Waals surface area (Å²) in [5.41, 5.74) is 5.97. The number of halogens is 3. The van der Waals surface area contributed by atoms with Crippen molar-refractivity contribution in [1.82, 2.24) is 9.55 Å². The summed E-state index contributed by atoms with van der Waals surface area (Å²) in [6.45, 7) is 4.08. The molecular weight excluding hydrogens is 471 g/mol. The van der Waals surface area contributed by atoms with Gasteiger partial charge < -0.3 is 19.5 Å². The second-order valence-electron chi connectivity index (χ2n) is 8.53. The zero-order valence-corrected chi connectivity index (χ0v) is 20.0. The molecule has 2 heterocycles. The largest absolute Gasteiger partial charge is 0.493 e. The number of benzene rings is 3. The van der Waals surface area contributed by atoms with Crippen LogP contribution in [0.1, 0.15) is 23.6 Å². The van der Waals surface area contributed by atoms with Crippen LogP contribution in [0.5, 0.6) is 17.5 Å². The minimum absolute atomic E-state index is 0.0545. The predicted octanol–water partition coefficient (Wildman–Crippen LogP) is 6.22. The van der Waals surface area contributed by atoms with E-state index in [2.05, 4.69) is 16.4 Å². The normalized spacial score (nSPS) is 12.9. The van der Waals surface area contributed by atoms with Crippen molar-refractivity contribution in [3.63, 3.8) is 0 Å². The van der Waals surface area contributed by atoms with Gasteiger partial charge in [-0.3, -0.25) is 4.57 Å².